The predicted octanol–water partition coefficient (Wildman–Crippen LogP) is 2.37. The Hall–Kier alpha value is -1.24. The number of rotatable bonds is 9. The van der Waals surface area contributed by atoms with Gasteiger partial charge in [0, 0.05) is 25.1 Å². The van der Waals surface area contributed by atoms with E-state index in [0.29, 0.717) is 25.0 Å². The van der Waals surface area contributed by atoms with E-state index in [4.69, 9.17) is 4.74 Å². The maximum atomic E-state index is 12.4. The summed E-state index contributed by atoms with van der Waals surface area (Å²) in [4.78, 5) is 11.8. The first-order valence-corrected chi connectivity index (χ1v) is 8.57. The lowest BCUT2D eigenvalue weighted by Gasteiger charge is -2.17. The second kappa shape index (κ2) is 8.26. The minimum atomic E-state index is -3.65. The van der Waals surface area contributed by atoms with Gasteiger partial charge in [0.05, 0.1) is 11.5 Å². The number of ether oxygens (including phenoxy) is 1. The molecule has 1 aromatic rings. The van der Waals surface area contributed by atoms with E-state index >= 15 is 0 Å². The second-order valence-electron chi connectivity index (χ2n) is 4.87. The molecule has 0 spiro atoms. The zero-order chi connectivity index (χ0) is 15.9. The number of nitrogens with one attached hydrogen (secondary N) is 1. The molecule has 0 aliphatic heterocycles. The molecule has 1 N–H and O–H groups in total. The van der Waals surface area contributed by atoms with Gasteiger partial charge in [-0.25, -0.2) is 13.1 Å². The molecule has 0 heterocycles. The number of Topliss-reactive ketones (excluding diaryl/α,β-unsaturated/α-hetero) is 1. The molecular weight excluding hydrogens is 290 g/mol. The number of benzene rings is 1. The molecule has 0 fully saturated rings. The van der Waals surface area contributed by atoms with Crippen molar-refractivity contribution in [3.05, 3.63) is 29.8 Å². The van der Waals surface area contributed by atoms with Crippen molar-refractivity contribution in [2.75, 3.05) is 13.7 Å². The van der Waals surface area contributed by atoms with Gasteiger partial charge in [-0.15, -0.1) is 0 Å². The van der Waals surface area contributed by atoms with E-state index < -0.39 is 10.0 Å². The van der Waals surface area contributed by atoms with Crippen LogP contribution in [0.1, 0.15) is 43.5 Å². The summed E-state index contributed by atoms with van der Waals surface area (Å²) in [7, 11) is -2.11. The van der Waals surface area contributed by atoms with Crippen LogP contribution in [0.4, 0.5) is 0 Å². The molecule has 0 amide bonds. The summed E-state index contributed by atoms with van der Waals surface area (Å²) in [5.74, 6) is -0.0750. The summed E-state index contributed by atoms with van der Waals surface area (Å²) in [6, 6.07) is 5.86. The Morgan fingerprint density at radius 2 is 2.05 bits per heavy atom. The van der Waals surface area contributed by atoms with Crippen LogP contribution in [0.2, 0.25) is 0 Å². The van der Waals surface area contributed by atoms with Crippen LogP contribution in [0.25, 0.3) is 0 Å². The van der Waals surface area contributed by atoms with Gasteiger partial charge in [0.2, 0.25) is 10.0 Å². The smallest absolute Gasteiger partial charge is 0.240 e. The lowest BCUT2D eigenvalue weighted by atomic mass is 10.1. The van der Waals surface area contributed by atoms with Crippen molar-refractivity contribution in [3.63, 3.8) is 0 Å². The van der Waals surface area contributed by atoms with Gasteiger partial charge < -0.3 is 4.74 Å². The van der Waals surface area contributed by atoms with Crippen LogP contribution >= 0.6 is 0 Å². The molecule has 1 rings (SSSR count). The molecule has 0 saturated carbocycles. The van der Waals surface area contributed by atoms with Crippen molar-refractivity contribution < 1.29 is 17.9 Å². The summed E-state index contributed by atoms with van der Waals surface area (Å²) < 4.78 is 32.4. The van der Waals surface area contributed by atoms with E-state index in [9.17, 15) is 13.2 Å². The van der Waals surface area contributed by atoms with Gasteiger partial charge in [-0.1, -0.05) is 32.4 Å². The van der Waals surface area contributed by atoms with Crippen molar-refractivity contribution in [1.29, 1.82) is 0 Å². The average molecular weight is 313 g/mol. The van der Waals surface area contributed by atoms with Crippen molar-refractivity contribution in [2.24, 2.45) is 0 Å². The maximum Gasteiger partial charge on any atom is 0.240 e. The number of methoxy groups -OCH3 is 1. The standard InChI is InChI=1S/C15H23NO4S/c1-4-7-13(11-20-3)16-21(18,19)14-9-6-8-12(10-14)15(17)5-2/h6,8-10,13,16H,4-5,7,11H2,1-3H3. The first kappa shape index (κ1) is 17.8. The lowest BCUT2D eigenvalue weighted by molar-refractivity contribution is 0.0988. The molecule has 118 valence electrons. The Morgan fingerprint density at radius 3 is 2.62 bits per heavy atom. The van der Waals surface area contributed by atoms with Crippen molar-refractivity contribution in [1.82, 2.24) is 4.72 Å². The van der Waals surface area contributed by atoms with Crippen LogP contribution in [-0.4, -0.2) is 34.0 Å². The molecule has 5 nitrogen and oxygen atoms in total. The fourth-order valence-corrected chi connectivity index (χ4v) is 3.35. The normalized spacial score (nSPS) is 13.1. The zero-order valence-corrected chi connectivity index (χ0v) is 13.6. The number of carbonyl (C=O) groups is 1. The molecule has 0 aromatic heterocycles. The highest BCUT2D eigenvalue weighted by Crippen LogP contribution is 2.14. The Bertz CT molecular complexity index is 563. The molecular formula is C15H23NO4S. The molecule has 0 aliphatic rings. The van der Waals surface area contributed by atoms with Crippen LogP contribution in [-0.2, 0) is 14.8 Å². The molecule has 0 saturated heterocycles. The van der Waals surface area contributed by atoms with Crippen molar-refractivity contribution in [2.45, 2.75) is 44.0 Å². The maximum absolute atomic E-state index is 12.4. The zero-order valence-electron chi connectivity index (χ0n) is 12.8. The summed E-state index contributed by atoms with van der Waals surface area (Å²) >= 11 is 0. The minimum Gasteiger partial charge on any atom is -0.383 e. The fourth-order valence-electron chi connectivity index (χ4n) is 2.05. The van der Waals surface area contributed by atoms with Gasteiger partial charge >= 0.3 is 0 Å². The van der Waals surface area contributed by atoms with Gasteiger partial charge in [0.1, 0.15) is 0 Å². The fraction of sp³-hybridized carbons (Fsp3) is 0.533. The minimum absolute atomic E-state index is 0.0750. The Morgan fingerprint density at radius 1 is 1.33 bits per heavy atom. The number of hydrogen-bond acceptors (Lipinski definition) is 4. The summed E-state index contributed by atoms with van der Waals surface area (Å²) in [6.45, 7) is 4.05. The number of ketones is 1. The lowest BCUT2D eigenvalue weighted by Crippen LogP contribution is -2.37. The van der Waals surface area contributed by atoms with Gasteiger partial charge in [-0.2, -0.15) is 0 Å². The van der Waals surface area contributed by atoms with Crippen LogP contribution in [0.5, 0.6) is 0 Å². The average Bonchev–Trinajstić information content (AvgIpc) is 2.46. The van der Waals surface area contributed by atoms with Crippen LogP contribution in [0.15, 0.2) is 29.2 Å². The number of sulfonamides is 1. The Labute approximate surface area is 126 Å². The Kier molecular flexibility index (Phi) is 7.01. The SMILES string of the molecule is CCCC(COC)NS(=O)(=O)c1cccc(C(=O)CC)c1. The monoisotopic (exact) mass is 313 g/mol. The quantitative estimate of drug-likeness (QED) is 0.710. The van der Waals surface area contributed by atoms with Gasteiger partial charge in [0.25, 0.3) is 0 Å². The van der Waals surface area contributed by atoms with Crippen LogP contribution < -0.4 is 4.72 Å². The third-order valence-electron chi connectivity index (χ3n) is 3.11. The number of hydrogen-bond donors (Lipinski definition) is 1. The van der Waals surface area contributed by atoms with E-state index in [-0.39, 0.29) is 16.7 Å². The summed E-state index contributed by atoms with van der Waals surface area (Å²) in [5, 5.41) is 0. The van der Waals surface area contributed by atoms with E-state index in [2.05, 4.69) is 4.72 Å². The molecule has 0 aliphatic carbocycles. The largest absolute Gasteiger partial charge is 0.383 e. The van der Waals surface area contributed by atoms with E-state index in [1.807, 2.05) is 6.92 Å². The van der Waals surface area contributed by atoms with E-state index in [1.54, 1.807) is 19.1 Å². The second-order valence-corrected chi connectivity index (χ2v) is 6.58. The van der Waals surface area contributed by atoms with Crippen LogP contribution in [0.3, 0.4) is 0 Å². The molecule has 1 aromatic carbocycles. The summed E-state index contributed by atoms with van der Waals surface area (Å²) in [5.41, 5.74) is 0.416. The highest BCUT2D eigenvalue weighted by Gasteiger charge is 2.20. The highest BCUT2D eigenvalue weighted by molar-refractivity contribution is 7.89. The molecule has 1 unspecified atom stereocenters. The predicted molar refractivity (Wildman–Crippen MR) is 82.0 cm³/mol. The van der Waals surface area contributed by atoms with E-state index in [1.165, 1.54) is 19.2 Å². The molecule has 1 atom stereocenters. The van der Waals surface area contributed by atoms with Gasteiger partial charge in [0.15, 0.2) is 5.78 Å². The first-order valence-electron chi connectivity index (χ1n) is 7.09. The third kappa shape index (κ3) is 5.22. The molecule has 6 heteroatoms. The molecule has 0 bridgehead atoms. The topological polar surface area (TPSA) is 72.5 Å². The Balaban J connectivity index is 2.98. The number of carbonyl (C=O) groups excluding carboxylic acids is 1. The summed E-state index contributed by atoms with van der Waals surface area (Å²) in [6.07, 6.45) is 1.89. The van der Waals surface area contributed by atoms with Gasteiger partial charge in [-0.05, 0) is 18.6 Å². The van der Waals surface area contributed by atoms with Crippen molar-refractivity contribution >= 4 is 15.8 Å². The van der Waals surface area contributed by atoms with E-state index in [0.717, 1.165) is 6.42 Å². The third-order valence-corrected chi connectivity index (χ3v) is 4.63. The molecule has 21 heavy (non-hydrogen) atoms. The van der Waals surface area contributed by atoms with Crippen LogP contribution in [0, 0.1) is 0 Å². The highest BCUT2D eigenvalue weighted by atomic mass is 32.2. The molecule has 0 radical (unpaired) electrons. The van der Waals surface area contributed by atoms with Gasteiger partial charge in [-0.3, -0.25) is 4.79 Å². The van der Waals surface area contributed by atoms with Crippen molar-refractivity contribution in [3.8, 4) is 0 Å². The first-order chi connectivity index (χ1) is 9.94.